The second-order valence-electron chi connectivity index (χ2n) is 5.25. The molecule has 0 aromatic heterocycles. The maximum absolute atomic E-state index is 12.4. The first-order valence-corrected chi connectivity index (χ1v) is 7.86. The van der Waals surface area contributed by atoms with Crippen LogP contribution in [-0.2, 0) is 4.79 Å². The third-order valence-electron chi connectivity index (χ3n) is 3.53. The Balaban J connectivity index is 2.07. The minimum absolute atomic E-state index is 0.0564. The number of amides is 2. The molecule has 1 N–H and O–H groups in total. The predicted octanol–water partition coefficient (Wildman–Crippen LogP) is 0.861. The molecule has 0 aliphatic carbocycles. The monoisotopic (exact) mass is 384 g/mol. The van der Waals surface area contributed by atoms with Crippen LogP contribution in [0.15, 0.2) is 22.7 Å². The minimum atomic E-state index is -0.562. The largest absolute Gasteiger partial charge is 0.339 e. The number of halogens is 1. The highest BCUT2D eigenvalue weighted by molar-refractivity contribution is 9.10. The zero-order valence-electron chi connectivity index (χ0n) is 12.6. The number of nitrogens with zero attached hydrogens (tertiary/aromatic N) is 3. The first kappa shape index (κ1) is 17.4. The summed E-state index contributed by atoms with van der Waals surface area (Å²) in [5.41, 5.74) is -0.00811. The Bertz CT molecular complexity index is 631. The molecule has 0 spiro atoms. The van der Waals surface area contributed by atoms with Gasteiger partial charge in [0.25, 0.3) is 11.6 Å². The van der Waals surface area contributed by atoms with Crippen LogP contribution in [0.4, 0.5) is 5.69 Å². The van der Waals surface area contributed by atoms with Crippen LogP contribution < -0.4 is 5.32 Å². The topological polar surface area (TPSA) is 95.8 Å². The summed E-state index contributed by atoms with van der Waals surface area (Å²) in [5, 5.41) is 14.0. The minimum Gasteiger partial charge on any atom is -0.339 e. The predicted molar refractivity (Wildman–Crippen MR) is 87.2 cm³/mol. The van der Waals surface area contributed by atoms with Crippen molar-refractivity contribution < 1.29 is 14.5 Å². The van der Waals surface area contributed by atoms with E-state index in [0.29, 0.717) is 17.6 Å². The summed E-state index contributed by atoms with van der Waals surface area (Å²) in [6.07, 6.45) is 0. The van der Waals surface area contributed by atoms with E-state index in [9.17, 15) is 19.7 Å². The van der Waals surface area contributed by atoms with E-state index in [1.807, 2.05) is 0 Å². The fourth-order valence-corrected chi connectivity index (χ4v) is 2.79. The lowest BCUT2D eigenvalue weighted by Crippen LogP contribution is -2.49. The molecule has 1 aromatic carbocycles. The van der Waals surface area contributed by atoms with Gasteiger partial charge in [0.1, 0.15) is 0 Å². The number of carbonyl (C=O) groups is 2. The van der Waals surface area contributed by atoms with Gasteiger partial charge >= 0.3 is 0 Å². The molecule has 2 amide bonds. The van der Waals surface area contributed by atoms with Crippen molar-refractivity contribution >= 4 is 33.4 Å². The van der Waals surface area contributed by atoms with Gasteiger partial charge in [-0.2, -0.15) is 0 Å². The van der Waals surface area contributed by atoms with Gasteiger partial charge in [0.2, 0.25) is 5.91 Å². The summed E-state index contributed by atoms with van der Waals surface area (Å²) in [4.78, 5) is 37.8. The van der Waals surface area contributed by atoms with Crippen molar-refractivity contribution in [3.63, 3.8) is 0 Å². The first-order chi connectivity index (χ1) is 10.9. The van der Waals surface area contributed by atoms with E-state index in [0.717, 1.165) is 13.1 Å². The van der Waals surface area contributed by atoms with Gasteiger partial charge in [0, 0.05) is 55.4 Å². The molecular formula is C14H17BrN4O4. The Morgan fingerprint density at radius 3 is 2.61 bits per heavy atom. The number of hydrogen-bond acceptors (Lipinski definition) is 5. The van der Waals surface area contributed by atoms with E-state index in [-0.39, 0.29) is 23.7 Å². The highest BCUT2D eigenvalue weighted by atomic mass is 79.9. The number of hydrogen-bond donors (Lipinski definition) is 1. The molecule has 0 radical (unpaired) electrons. The molecule has 1 heterocycles. The molecule has 8 nitrogen and oxygen atoms in total. The molecule has 1 aliphatic rings. The maximum Gasteiger partial charge on any atom is 0.271 e. The maximum atomic E-state index is 12.4. The Labute approximate surface area is 141 Å². The number of nitro benzene ring substituents is 1. The van der Waals surface area contributed by atoms with Crippen molar-refractivity contribution in [2.45, 2.75) is 0 Å². The van der Waals surface area contributed by atoms with Crippen LogP contribution >= 0.6 is 15.9 Å². The Hall–Kier alpha value is -2.00. The van der Waals surface area contributed by atoms with Crippen LogP contribution in [0.1, 0.15) is 10.4 Å². The molecule has 2 rings (SSSR count). The first-order valence-electron chi connectivity index (χ1n) is 7.07. The summed E-state index contributed by atoms with van der Waals surface area (Å²) in [6.45, 7) is 2.65. The summed E-state index contributed by atoms with van der Waals surface area (Å²) in [7, 11) is 1.51. The number of rotatable bonds is 4. The molecule has 1 saturated heterocycles. The Kier molecular flexibility index (Phi) is 5.67. The van der Waals surface area contributed by atoms with Crippen molar-refractivity contribution in [3.8, 4) is 0 Å². The third kappa shape index (κ3) is 4.49. The van der Waals surface area contributed by atoms with E-state index >= 15 is 0 Å². The van der Waals surface area contributed by atoms with Crippen LogP contribution in [-0.4, -0.2) is 66.3 Å². The quantitative estimate of drug-likeness (QED) is 0.613. The highest BCUT2D eigenvalue weighted by Crippen LogP contribution is 2.22. The number of non-ortho nitro benzene ring substituents is 1. The van der Waals surface area contributed by atoms with Crippen LogP contribution in [0.5, 0.6) is 0 Å². The average Bonchev–Trinajstić information content (AvgIpc) is 2.54. The number of likely N-dealkylation sites (N-methyl/N-ethyl adjacent to an activating group) is 1. The van der Waals surface area contributed by atoms with Gasteiger partial charge in [-0.25, -0.2) is 0 Å². The fourth-order valence-electron chi connectivity index (χ4n) is 2.31. The molecular weight excluding hydrogens is 368 g/mol. The molecule has 1 aromatic rings. The van der Waals surface area contributed by atoms with E-state index in [2.05, 4.69) is 21.2 Å². The standard InChI is InChI=1S/C14H17BrN4O4/c1-17(9-13(20)18-4-2-16-3-5-18)14(21)10-6-11(15)8-12(7-10)19(22)23/h6-8,16H,2-5,9H2,1H3. The molecule has 1 aliphatic heterocycles. The van der Waals surface area contributed by atoms with Gasteiger partial charge in [0.05, 0.1) is 11.5 Å². The lowest BCUT2D eigenvalue weighted by atomic mass is 10.2. The molecule has 0 saturated carbocycles. The zero-order chi connectivity index (χ0) is 17.0. The van der Waals surface area contributed by atoms with Crippen molar-refractivity contribution in [3.05, 3.63) is 38.3 Å². The molecule has 0 unspecified atom stereocenters. The normalized spacial score (nSPS) is 14.4. The number of nitro groups is 1. The summed E-state index contributed by atoms with van der Waals surface area (Å²) >= 11 is 3.15. The van der Waals surface area contributed by atoms with E-state index in [1.165, 1.54) is 30.1 Å². The lowest BCUT2D eigenvalue weighted by molar-refractivity contribution is -0.385. The van der Waals surface area contributed by atoms with Gasteiger partial charge in [-0.3, -0.25) is 19.7 Å². The third-order valence-corrected chi connectivity index (χ3v) is 3.99. The van der Waals surface area contributed by atoms with Crippen LogP contribution in [0.2, 0.25) is 0 Å². The van der Waals surface area contributed by atoms with Crippen LogP contribution in [0.3, 0.4) is 0 Å². The fraction of sp³-hybridized carbons (Fsp3) is 0.429. The van der Waals surface area contributed by atoms with Crippen molar-refractivity contribution in [1.82, 2.24) is 15.1 Å². The highest BCUT2D eigenvalue weighted by Gasteiger charge is 2.22. The molecule has 1 fully saturated rings. The van der Waals surface area contributed by atoms with E-state index in [1.54, 1.807) is 4.90 Å². The molecule has 124 valence electrons. The van der Waals surface area contributed by atoms with Gasteiger partial charge in [-0.05, 0) is 6.07 Å². The van der Waals surface area contributed by atoms with Gasteiger partial charge in [-0.15, -0.1) is 0 Å². The molecule has 23 heavy (non-hydrogen) atoms. The van der Waals surface area contributed by atoms with Crippen molar-refractivity contribution in [2.75, 3.05) is 39.8 Å². The second kappa shape index (κ2) is 7.51. The smallest absolute Gasteiger partial charge is 0.271 e. The summed E-state index contributed by atoms with van der Waals surface area (Å²) in [6, 6.07) is 4.03. The molecule has 0 bridgehead atoms. The van der Waals surface area contributed by atoms with Gasteiger partial charge in [0.15, 0.2) is 0 Å². The number of carbonyl (C=O) groups excluding carboxylic acids is 2. The van der Waals surface area contributed by atoms with Gasteiger partial charge in [-0.1, -0.05) is 15.9 Å². The lowest BCUT2D eigenvalue weighted by Gasteiger charge is -2.29. The van der Waals surface area contributed by atoms with E-state index in [4.69, 9.17) is 0 Å². The second-order valence-corrected chi connectivity index (χ2v) is 6.16. The number of piperazine rings is 1. The van der Waals surface area contributed by atoms with Crippen LogP contribution in [0, 0.1) is 10.1 Å². The summed E-state index contributed by atoms with van der Waals surface area (Å²) in [5.74, 6) is -0.565. The molecule has 9 heteroatoms. The average molecular weight is 385 g/mol. The Morgan fingerprint density at radius 1 is 1.35 bits per heavy atom. The SMILES string of the molecule is CN(CC(=O)N1CCNCC1)C(=O)c1cc(Br)cc([N+](=O)[O-])c1. The summed E-state index contributed by atoms with van der Waals surface area (Å²) < 4.78 is 0.442. The zero-order valence-corrected chi connectivity index (χ0v) is 14.2. The molecule has 0 atom stereocenters. The Morgan fingerprint density at radius 2 is 2.00 bits per heavy atom. The number of benzene rings is 1. The number of nitrogens with one attached hydrogen (secondary N) is 1. The van der Waals surface area contributed by atoms with Crippen LogP contribution in [0.25, 0.3) is 0 Å². The van der Waals surface area contributed by atoms with Crippen molar-refractivity contribution in [1.29, 1.82) is 0 Å². The van der Waals surface area contributed by atoms with Crippen molar-refractivity contribution in [2.24, 2.45) is 0 Å². The van der Waals surface area contributed by atoms with E-state index < -0.39 is 10.8 Å². The van der Waals surface area contributed by atoms with Gasteiger partial charge < -0.3 is 15.1 Å².